The fraction of sp³-hybridized carbons (Fsp3) is 0.400. The Morgan fingerprint density at radius 2 is 2.36 bits per heavy atom. The second kappa shape index (κ2) is 3.84. The largest absolute Gasteiger partial charge is 0.504 e. The number of phenolic OH excluding ortho intramolecular Hbond substituents is 1. The van der Waals surface area contributed by atoms with Crippen molar-refractivity contribution in [3.63, 3.8) is 0 Å². The Morgan fingerprint density at radius 3 is 3.07 bits per heavy atom. The van der Waals surface area contributed by atoms with Crippen molar-refractivity contribution in [1.82, 2.24) is 5.32 Å². The van der Waals surface area contributed by atoms with Crippen molar-refractivity contribution in [2.75, 3.05) is 13.1 Å². The molecule has 76 valence electrons. The standard InChI is InChI=1S/C10H12FNO2/c11-7-1-2-9(13)10(5-7)14-8-3-4-12-6-8/h1-2,5,8,12-13H,3-4,6H2. The summed E-state index contributed by atoms with van der Waals surface area (Å²) in [5.41, 5.74) is 0. The van der Waals surface area contributed by atoms with Crippen LogP contribution >= 0.6 is 0 Å². The van der Waals surface area contributed by atoms with Gasteiger partial charge in [0.25, 0.3) is 0 Å². The minimum atomic E-state index is -0.399. The Morgan fingerprint density at radius 1 is 1.50 bits per heavy atom. The highest BCUT2D eigenvalue weighted by atomic mass is 19.1. The molecule has 1 heterocycles. The van der Waals surface area contributed by atoms with E-state index in [4.69, 9.17) is 4.74 Å². The van der Waals surface area contributed by atoms with Crippen LogP contribution in [0.5, 0.6) is 11.5 Å². The number of nitrogens with one attached hydrogen (secondary N) is 1. The molecule has 1 saturated heterocycles. The lowest BCUT2D eigenvalue weighted by atomic mass is 10.3. The van der Waals surface area contributed by atoms with Crippen LogP contribution in [-0.2, 0) is 0 Å². The van der Waals surface area contributed by atoms with E-state index in [1.807, 2.05) is 0 Å². The third-order valence-corrected chi connectivity index (χ3v) is 2.23. The quantitative estimate of drug-likeness (QED) is 0.750. The van der Waals surface area contributed by atoms with Crippen LogP contribution in [0.3, 0.4) is 0 Å². The van der Waals surface area contributed by atoms with Crippen LogP contribution in [0.15, 0.2) is 18.2 Å². The Kier molecular flexibility index (Phi) is 2.54. The average Bonchev–Trinajstić information content (AvgIpc) is 2.64. The maximum atomic E-state index is 12.8. The summed E-state index contributed by atoms with van der Waals surface area (Å²) in [6, 6.07) is 3.70. The van der Waals surface area contributed by atoms with Crippen molar-refractivity contribution in [2.45, 2.75) is 12.5 Å². The number of aromatic hydroxyl groups is 1. The summed E-state index contributed by atoms with van der Waals surface area (Å²) in [5, 5.41) is 12.5. The fourth-order valence-electron chi connectivity index (χ4n) is 1.49. The number of halogens is 1. The summed E-state index contributed by atoms with van der Waals surface area (Å²) >= 11 is 0. The van der Waals surface area contributed by atoms with Gasteiger partial charge in [-0.25, -0.2) is 4.39 Å². The number of benzene rings is 1. The predicted molar refractivity (Wildman–Crippen MR) is 50.0 cm³/mol. The molecule has 14 heavy (non-hydrogen) atoms. The zero-order valence-corrected chi connectivity index (χ0v) is 7.66. The van der Waals surface area contributed by atoms with Crippen LogP contribution in [0, 0.1) is 5.82 Å². The van der Waals surface area contributed by atoms with Crippen molar-refractivity contribution in [3.8, 4) is 11.5 Å². The summed E-state index contributed by atoms with van der Waals surface area (Å²) in [6.07, 6.45) is 0.915. The molecule has 0 radical (unpaired) electrons. The molecule has 2 N–H and O–H groups in total. The molecule has 1 atom stereocenters. The van der Waals surface area contributed by atoms with Gasteiger partial charge in [0.2, 0.25) is 0 Å². The smallest absolute Gasteiger partial charge is 0.164 e. The van der Waals surface area contributed by atoms with E-state index in [9.17, 15) is 9.50 Å². The topological polar surface area (TPSA) is 41.5 Å². The van der Waals surface area contributed by atoms with Crippen LogP contribution in [-0.4, -0.2) is 24.3 Å². The first-order chi connectivity index (χ1) is 6.75. The highest BCUT2D eigenvalue weighted by Crippen LogP contribution is 2.27. The summed E-state index contributed by atoms with van der Waals surface area (Å²) in [5.74, 6) is -0.194. The second-order valence-electron chi connectivity index (χ2n) is 3.34. The van der Waals surface area contributed by atoms with Gasteiger partial charge in [-0.2, -0.15) is 0 Å². The van der Waals surface area contributed by atoms with Crippen LogP contribution < -0.4 is 10.1 Å². The number of rotatable bonds is 2. The molecular formula is C10H12FNO2. The lowest BCUT2D eigenvalue weighted by Gasteiger charge is -2.13. The van der Waals surface area contributed by atoms with Gasteiger partial charge in [-0.3, -0.25) is 0 Å². The third kappa shape index (κ3) is 1.96. The van der Waals surface area contributed by atoms with E-state index in [1.54, 1.807) is 0 Å². The van der Waals surface area contributed by atoms with E-state index in [1.165, 1.54) is 18.2 Å². The maximum Gasteiger partial charge on any atom is 0.164 e. The molecular weight excluding hydrogens is 185 g/mol. The van der Waals surface area contributed by atoms with Gasteiger partial charge in [-0.1, -0.05) is 0 Å². The monoisotopic (exact) mass is 197 g/mol. The maximum absolute atomic E-state index is 12.8. The zero-order valence-electron chi connectivity index (χ0n) is 7.66. The van der Waals surface area contributed by atoms with Gasteiger partial charge in [-0.15, -0.1) is 0 Å². The molecule has 1 fully saturated rings. The fourth-order valence-corrected chi connectivity index (χ4v) is 1.49. The molecule has 4 heteroatoms. The molecule has 0 spiro atoms. The van der Waals surface area contributed by atoms with Crippen molar-refractivity contribution >= 4 is 0 Å². The molecule has 1 aliphatic heterocycles. The van der Waals surface area contributed by atoms with Gasteiger partial charge < -0.3 is 15.2 Å². The Bertz CT molecular complexity index is 324. The highest BCUT2D eigenvalue weighted by Gasteiger charge is 2.17. The molecule has 0 aromatic heterocycles. The first kappa shape index (κ1) is 9.27. The molecule has 2 rings (SSSR count). The van der Waals surface area contributed by atoms with Gasteiger partial charge >= 0.3 is 0 Å². The first-order valence-electron chi connectivity index (χ1n) is 4.61. The van der Waals surface area contributed by atoms with Crippen molar-refractivity contribution in [2.24, 2.45) is 0 Å². The van der Waals surface area contributed by atoms with E-state index in [-0.39, 0.29) is 17.6 Å². The third-order valence-electron chi connectivity index (χ3n) is 2.23. The van der Waals surface area contributed by atoms with Gasteiger partial charge in [0.1, 0.15) is 11.9 Å². The van der Waals surface area contributed by atoms with Crippen LogP contribution in [0.4, 0.5) is 4.39 Å². The van der Waals surface area contributed by atoms with Crippen molar-refractivity contribution in [1.29, 1.82) is 0 Å². The van der Waals surface area contributed by atoms with E-state index in [2.05, 4.69) is 5.32 Å². The summed E-state index contributed by atoms with van der Waals surface area (Å²) in [6.45, 7) is 1.65. The molecule has 0 aliphatic carbocycles. The zero-order chi connectivity index (χ0) is 9.97. The molecule has 0 amide bonds. The van der Waals surface area contributed by atoms with Crippen LogP contribution in [0.25, 0.3) is 0 Å². The Balaban J connectivity index is 2.10. The van der Waals surface area contributed by atoms with Crippen LogP contribution in [0.2, 0.25) is 0 Å². The summed E-state index contributed by atoms with van der Waals surface area (Å²) in [4.78, 5) is 0. The minimum absolute atomic E-state index is 0.0155. The molecule has 1 unspecified atom stereocenters. The number of hydrogen-bond acceptors (Lipinski definition) is 3. The molecule has 0 saturated carbocycles. The van der Waals surface area contributed by atoms with E-state index >= 15 is 0 Å². The molecule has 3 nitrogen and oxygen atoms in total. The van der Waals surface area contributed by atoms with Crippen LogP contribution in [0.1, 0.15) is 6.42 Å². The van der Waals surface area contributed by atoms with Crippen molar-refractivity contribution in [3.05, 3.63) is 24.0 Å². The average molecular weight is 197 g/mol. The Labute approximate surface area is 81.5 Å². The molecule has 1 aromatic carbocycles. The van der Waals surface area contributed by atoms with Crippen molar-refractivity contribution < 1.29 is 14.2 Å². The summed E-state index contributed by atoms with van der Waals surface area (Å²) in [7, 11) is 0. The van der Waals surface area contributed by atoms with Gasteiger partial charge in [-0.05, 0) is 25.1 Å². The van der Waals surface area contributed by atoms with E-state index < -0.39 is 5.82 Å². The normalized spacial score (nSPS) is 21.1. The number of phenols is 1. The molecule has 1 aliphatic rings. The minimum Gasteiger partial charge on any atom is -0.504 e. The van der Waals surface area contributed by atoms with Gasteiger partial charge in [0.15, 0.2) is 11.5 Å². The van der Waals surface area contributed by atoms with Gasteiger partial charge in [0, 0.05) is 12.6 Å². The second-order valence-corrected chi connectivity index (χ2v) is 3.34. The lowest BCUT2D eigenvalue weighted by molar-refractivity contribution is 0.213. The predicted octanol–water partition coefficient (Wildman–Crippen LogP) is 1.27. The van der Waals surface area contributed by atoms with Gasteiger partial charge in [0.05, 0.1) is 0 Å². The lowest BCUT2D eigenvalue weighted by Crippen LogP contribution is -2.19. The van der Waals surface area contributed by atoms with E-state index in [0.717, 1.165) is 19.5 Å². The molecule has 0 bridgehead atoms. The molecule has 1 aromatic rings. The number of hydrogen-bond donors (Lipinski definition) is 2. The SMILES string of the molecule is Oc1ccc(F)cc1OC1CCNC1. The Hall–Kier alpha value is -1.29. The highest BCUT2D eigenvalue weighted by molar-refractivity contribution is 5.38. The van der Waals surface area contributed by atoms with E-state index in [0.29, 0.717) is 0 Å². The number of ether oxygens (including phenoxy) is 1. The first-order valence-corrected chi connectivity index (χ1v) is 4.61. The summed E-state index contributed by atoms with van der Waals surface area (Å²) < 4.78 is 18.2.